The van der Waals surface area contributed by atoms with Crippen molar-refractivity contribution in [3.63, 3.8) is 0 Å². The van der Waals surface area contributed by atoms with Crippen LogP contribution in [0.3, 0.4) is 0 Å². The predicted molar refractivity (Wildman–Crippen MR) is 78.6 cm³/mol. The molecule has 0 bridgehead atoms. The van der Waals surface area contributed by atoms with E-state index in [1.807, 2.05) is 11.7 Å². The first-order chi connectivity index (χ1) is 8.62. The normalized spacial score (nSPS) is 17.8. The lowest BCUT2D eigenvalue weighted by molar-refractivity contribution is 0.123. The third-order valence-electron chi connectivity index (χ3n) is 4.46. The Morgan fingerprint density at radius 2 is 2.11 bits per heavy atom. The number of nitrogens with zero attached hydrogens (tertiary/aromatic N) is 2. The van der Waals surface area contributed by atoms with E-state index in [0.717, 1.165) is 25.2 Å². The maximum absolute atomic E-state index is 4.53. The van der Waals surface area contributed by atoms with Crippen LogP contribution in [-0.4, -0.2) is 16.3 Å². The summed E-state index contributed by atoms with van der Waals surface area (Å²) in [6.07, 6.45) is 6.47. The molecule has 0 radical (unpaired) electrons. The van der Waals surface area contributed by atoms with E-state index < -0.39 is 0 Å². The van der Waals surface area contributed by atoms with E-state index in [4.69, 9.17) is 0 Å². The molecule has 0 aromatic carbocycles. The number of aryl methyl sites for hydroxylation is 2. The van der Waals surface area contributed by atoms with E-state index >= 15 is 0 Å². The Hall–Kier alpha value is -0.350. The summed E-state index contributed by atoms with van der Waals surface area (Å²) < 4.78 is 3.18. The van der Waals surface area contributed by atoms with Gasteiger partial charge in [-0.15, -0.1) is 0 Å². The third-order valence-corrected chi connectivity index (χ3v) is 5.37. The monoisotopic (exact) mass is 313 g/mol. The Balaban J connectivity index is 1.92. The minimum atomic E-state index is 0.582. The van der Waals surface area contributed by atoms with Crippen LogP contribution in [0.4, 0.5) is 0 Å². The predicted octanol–water partition coefficient (Wildman–Crippen LogP) is 3.41. The summed E-state index contributed by atoms with van der Waals surface area (Å²) in [6, 6.07) is 0. The Morgan fingerprint density at radius 3 is 2.56 bits per heavy atom. The highest BCUT2D eigenvalue weighted by molar-refractivity contribution is 9.10. The van der Waals surface area contributed by atoms with Crippen LogP contribution in [0.15, 0.2) is 4.47 Å². The molecule has 1 heterocycles. The van der Waals surface area contributed by atoms with Gasteiger partial charge in [-0.05, 0) is 47.0 Å². The van der Waals surface area contributed by atoms with Crippen molar-refractivity contribution < 1.29 is 0 Å². The van der Waals surface area contributed by atoms with Gasteiger partial charge < -0.3 is 5.32 Å². The molecule has 1 N–H and O–H groups in total. The summed E-state index contributed by atoms with van der Waals surface area (Å²) in [5.74, 6) is 0. The molecule has 102 valence electrons. The average molecular weight is 314 g/mol. The van der Waals surface area contributed by atoms with Gasteiger partial charge in [-0.25, -0.2) is 0 Å². The van der Waals surface area contributed by atoms with Crippen LogP contribution in [0, 0.1) is 5.41 Å². The van der Waals surface area contributed by atoms with Crippen LogP contribution in [0.1, 0.15) is 50.9 Å². The van der Waals surface area contributed by atoms with Crippen molar-refractivity contribution in [2.75, 3.05) is 6.54 Å². The zero-order valence-corrected chi connectivity index (χ0v) is 13.3. The van der Waals surface area contributed by atoms with E-state index in [2.05, 4.69) is 40.2 Å². The van der Waals surface area contributed by atoms with Crippen LogP contribution in [0.25, 0.3) is 0 Å². The van der Waals surface area contributed by atoms with Gasteiger partial charge in [-0.2, -0.15) is 5.10 Å². The van der Waals surface area contributed by atoms with E-state index in [0.29, 0.717) is 5.41 Å². The van der Waals surface area contributed by atoms with Gasteiger partial charge in [0.05, 0.1) is 15.9 Å². The van der Waals surface area contributed by atoms with Gasteiger partial charge in [0.2, 0.25) is 0 Å². The van der Waals surface area contributed by atoms with Crippen molar-refractivity contribution in [3.05, 3.63) is 15.9 Å². The van der Waals surface area contributed by atoms with Gasteiger partial charge in [0.25, 0.3) is 0 Å². The fourth-order valence-corrected chi connectivity index (χ4v) is 3.55. The zero-order chi connectivity index (χ0) is 13.2. The Labute approximate surface area is 118 Å². The molecule has 0 unspecified atom stereocenters. The summed E-state index contributed by atoms with van der Waals surface area (Å²) in [5.41, 5.74) is 3.00. The first kappa shape index (κ1) is 14.1. The van der Waals surface area contributed by atoms with Crippen LogP contribution in [-0.2, 0) is 20.0 Å². The van der Waals surface area contributed by atoms with Crippen molar-refractivity contribution in [1.29, 1.82) is 0 Å². The molecule has 0 spiro atoms. The second kappa shape index (κ2) is 5.74. The zero-order valence-electron chi connectivity index (χ0n) is 11.7. The maximum Gasteiger partial charge on any atom is 0.0767 e. The van der Waals surface area contributed by atoms with Gasteiger partial charge in [0.15, 0.2) is 0 Å². The Morgan fingerprint density at radius 1 is 1.39 bits per heavy atom. The van der Waals surface area contributed by atoms with Crippen LogP contribution < -0.4 is 5.32 Å². The lowest BCUT2D eigenvalue weighted by atomic mass is 9.67. The molecule has 0 saturated heterocycles. The molecule has 1 aromatic rings. The molecule has 4 heteroatoms. The molecule has 1 saturated carbocycles. The molecule has 2 rings (SSSR count). The van der Waals surface area contributed by atoms with E-state index in [9.17, 15) is 0 Å². The van der Waals surface area contributed by atoms with Crippen LogP contribution in [0.2, 0.25) is 0 Å². The topological polar surface area (TPSA) is 29.9 Å². The smallest absolute Gasteiger partial charge is 0.0767 e. The quantitative estimate of drug-likeness (QED) is 0.872. The minimum absolute atomic E-state index is 0.582. The highest BCUT2D eigenvalue weighted by Gasteiger charge is 2.34. The number of nitrogens with one attached hydrogen (secondary N) is 1. The Kier molecular flexibility index (Phi) is 4.49. The second-order valence-electron chi connectivity index (χ2n) is 5.50. The molecule has 18 heavy (non-hydrogen) atoms. The molecule has 0 aliphatic heterocycles. The van der Waals surface area contributed by atoms with Crippen molar-refractivity contribution >= 4 is 15.9 Å². The number of aromatic nitrogens is 2. The summed E-state index contributed by atoms with van der Waals surface area (Å²) in [6.45, 7) is 6.51. The van der Waals surface area contributed by atoms with Gasteiger partial charge in [-0.1, -0.05) is 20.3 Å². The van der Waals surface area contributed by atoms with Gasteiger partial charge >= 0.3 is 0 Å². The standard InChI is InChI=1S/C14H24BrN3/c1-4-11-13(15)12(18(3)17-11)9-16-10-14(5-2)7-6-8-14/h16H,4-10H2,1-3H3. The molecule has 1 aliphatic carbocycles. The van der Waals surface area contributed by atoms with Gasteiger partial charge in [-0.3, -0.25) is 4.68 Å². The summed E-state index contributed by atoms with van der Waals surface area (Å²) in [7, 11) is 2.03. The highest BCUT2D eigenvalue weighted by atomic mass is 79.9. The second-order valence-corrected chi connectivity index (χ2v) is 6.29. The van der Waals surface area contributed by atoms with Crippen LogP contribution in [0.5, 0.6) is 0 Å². The fourth-order valence-electron chi connectivity index (χ4n) is 2.79. The first-order valence-electron chi connectivity index (χ1n) is 7.03. The highest BCUT2D eigenvalue weighted by Crippen LogP contribution is 2.43. The summed E-state index contributed by atoms with van der Waals surface area (Å²) in [5, 5.41) is 8.15. The summed E-state index contributed by atoms with van der Waals surface area (Å²) >= 11 is 3.67. The first-order valence-corrected chi connectivity index (χ1v) is 7.82. The average Bonchev–Trinajstić information content (AvgIpc) is 2.59. The molecule has 1 aromatic heterocycles. The lowest BCUT2D eigenvalue weighted by Crippen LogP contribution is -2.39. The van der Waals surface area contributed by atoms with E-state index in [1.165, 1.54) is 35.8 Å². The molecule has 0 atom stereocenters. The Bertz CT molecular complexity index is 402. The molecular weight excluding hydrogens is 290 g/mol. The fraction of sp³-hybridized carbons (Fsp3) is 0.786. The lowest BCUT2D eigenvalue weighted by Gasteiger charge is -2.41. The number of hydrogen-bond donors (Lipinski definition) is 1. The molecule has 3 nitrogen and oxygen atoms in total. The number of halogens is 1. The third kappa shape index (κ3) is 2.64. The molecule has 1 aliphatic rings. The van der Waals surface area contributed by atoms with Crippen molar-refractivity contribution in [1.82, 2.24) is 15.1 Å². The largest absolute Gasteiger partial charge is 0.311 e. The molecule has 0 amide bonds. The minimum Gasteiger partial charge on any atom is -0.311 e. The SMILES string of the molecule is CCc1nn(C)c(CNCC2(CC)CCC2)c1Br. The number of hydrogen-bond acceptors (Lipinski definition) is 2. The maximum atomic E-state index is 4.53. The van der Waals surface area contributed by atoms with Crippen LogP contribution >= 0.6 is 15.9 Å². The van der Waals surface area contributed by atoms with Gasteiger partial charge in [0.1, 0.15) is 0 Å². The molecular formula is C14H24BrN3. The van der Waals surface area contributed by atoms with Crippen molar-refractivity contribution in [2.45, 2.75) is 52.5 Å². The van der Waals surface area contributed by atoms with Crippen molar-refractivity contribution in [2.24, 2.45) is 12.5 Å². The van der Waals surface area contributed by atoms with E-state index in [1.54, 1.807) is 0 Å². The van der Waals surface area contributed by atoms with Gasteiger partial charge in [0, 0.05) is 20.1 Å². The number of rotatable bonds is 6. The van der Waals surface area contributed by atoms with E-state index in [-0.39, 0.29) is 0 Å². The molecule has 1 fully saturated rings. The summed E-state index contributed by atoms with van der Waals surface area (Å²) in [4.78, 5) is 0. The van der Waals surface area contributed by atoms with Crippen molar-refractivity contribution in [3.8, 4) is 0 Å².